The molecule has 0 spiro atoms. The third kappa shape index (κ3) is 2.12. The monoisotopic (exact) mass is 264 g/mol. The summed E-state index contributed by atoms with van der Waals surface area (Å²) >= 11 is 0. The van der Waals surface area contributed by atoms with E-state index in [1.165, 1.54) is 7.11 Å². The number of para-hydroxylation sites is 1. The molecule has 1 aromatic carbocycles. The summed E-state index contributed by atoms with van der Waals surface area (Å²) < 4.78 is 5.12. The van der Waals surface area contributed by atoms with Crippen LogP contribution < -0.4 is 4.74 Å². The second kappa shape index (κ2) is 5.09. The molecule has 0 amide bonds. The highest BCUT2D eigenvalue weighted by Gasteiger charge is 2.15. The molecular formula is C16H12N2O2. The Kier molecular flexibility index (Phi) is 3.13. The first-order valence-corrected chi connectivity index (χ1v) is 6.18. The zero-order valence-corrected chi connectivity index (χ0v) is 10.9. The quantitative estimate of drug-likeness (QED) is 0.682. The van der Waals surface area contributed by atoms with Crippen molar-refractivity contribution in [1.82, 2.24) is 9.97 Å². The van der Waals surface area contributed by atoms with E-state index in [4.69, 9.17) is 4.74 Å². The number of ketones is 1. The number of nitrogens with zero attached hydrogens (tertiary/aromatic N) is 2. The Morgan fingerprint density at radius 1 is 1.10 bits per heavy atom. The number of methoxy groups -OCH3 is 1. The Morgan fingerprint density at radius 3 is 2.80 bits per heavy atom. The van der Waals surface area contributed by atoms with Gasteiger partial charge in [0.05, 0.1) is 18.2 Å². The molecule has 0 N–H and O–H groups in total. The molecular weight excluding hydrogens is 252 g/mol. The van der Waals surface area contributed by atoms with Gasteiger partial charge in [-0.3, -0.25) is 9.78 Å². The third-order valence-corrected chi connectivity index (χ3v) is 3.06. The molecule has 0 aliphatic heterocycles. The van der Waals surface area contributed by atoms with E-state index < -0.39 is 0 Å². The predicted octanol–water partition coefficient (Wildman–Crippen LogP) is 2.87. The zero-order valence-electron chi connectivity index (χ0n) is 10.9. The maximum absolute atomic E-state index is 12.5. The SMILES string of the molecule is COc1ncccc1C(=O)c1cnc2ccccc2c1. The Hall–Kier alpha value is -2.75. The smallest absolute Gasteiger partial charge is 0.224 e. The van der Waals surface area contributed by atoms with Gasteiger partial charge in [-0.15, -0.1) is 0 Å². The van der Waals surface area contributed by atoms with Gasteiger partial charge in [-0.05, 0) is 24.3 Å². The van der Waals surface area contributed by atoms with Gasteiger partial charge in [0.2, 0.25) is 5.88 Å². The van der Waals surface area contributed by atoms with Crippen molar-refractivity contribution in [2.45, 2.75) is 0 Å². The van der Waals surface area contributed by atoms with Crippen molar-refractivity contribution in [3.63, 3.8) is 0 Å². The topological polar surface area (TPSA) is 52.1 Å². The Morgan fingerprint density at radius 2 is 1.95 bits per heavy atom. The molecule has 0 atom stereocenters. The van der Waals surface area contributed by atoms with Crippen molar-refractivity contribution >= 4 is 16.7 Å². The summed E-state index contributed by atoms with van der Waals surface area (Å²) in [5, 5.41) is 0.932. The van der Waals surface area contributed by atoms with E-state index >= 15 is 0 Å². The lowest BCUT2D eigenvalue weighted by atomic mass is 10.0. The van der Waals surface area contributed by atoms with Crippen LogP contribution in [0.2, 0.25) is 0 Å². The van der Waals surface area contributed by atoms with Crippen molar-refractivity contribution in [3.8, 4) is 5.88 Å². The van der Waals surface area contributed by atoms with Crippen LogP contribution in [0, 0.1) is 0 Å². The molecule has 0 bridgehead atoms. The molecule has 20 heavy (non-hydrogen) atoms. The van der Waals surface area contributed by atoms with Crippen LogP contribution in [-0.4, -0.2) is 22.9 Å². The van der Waals surface area contributed by atoms with Crippen molar-refractivity contribution in [2.75, 3.05) is 7.11 Å². The molecule has 0 radical (unpaired) electrons. The first-order chi connectivity index (χ1) is 9.79. The summed E-state index contributed by atoms with van der Waals surface area (Å²) in [7, 11) is 1.50. The number of ether oxygens (including phenoxy) is 1. The second-order valence-electron chi connectivity index (χ2n) is 4.31. The lowest BCUT2D eigenvalue weighted by molar-refractivity contribution is 0.103. The van der Waals surface area contributed by atoms with Gasteiger partial charge < -0.3 is 4.74 Å². The first-order valence-electron chi connectivity index (χ1n) is 6.18. The largest absolute Gasteiger partial charge is 0.480 e. The number of benzene rings is 1. The normalized spacial score (nSPS) is 10.4. The molecule has 98 valence electrons. The van der Waals surface area contributed by atoms with Crippen LogP contribution in [0.5, 0.6) is 5.88 Å². The van der Waals surface area contributed by atoms with Crippen molar-refractivity contribution in [1.29, 1.82) is 0 Å². The average molecular weight is 264 g/mol. The minimum atomic E-state index is -0.145. The summed E-state index contributed by atoms with van der Waals surface area (Å²) in [5.41, 5.74) is 1.82. The van der Waals surface area contributed by atoms with E-state index in [0.29, 0.717) is 17.0 Å². The molecule has 3 rings (SSSR count). The number of rotatable bonds is 3. The zero-order chi connectivity index (χ0) is 13.9. The fourth-order valence-corrected chi connectivity index (χ4v) is 2.08. The van der Waals surface area contributed by atoms with Crippen LogP contribution in [0.15, 0.2) is 54.9 Å². The van der Waals surface area contributed by atoms with E-state index in [2.05, 4.69) is 9.97 Å². The Bertz CT molecular complexity index is 784. The number of hydrogen-bond donors (Lipinski definition) is 0. The Labute approximate surface area is 116 Å². The number of carbonyl (C=O) groups is 1. The third-order valence-electron chi connectivity index (χ3n) is 3.06. The standard InChI is InChI=1S/C16H12N2O2/c1-20-16-13(6-4-8-17-16)15(19)12-9-11-5-2-3-7-14(11)18-10-12/h2-10H,1H3. The lowest BCUT2D eigenvalue weighted by Crippen LogP contribution is -2.05. The molecule has 0 fully saturated rings. The van der Waals surface area contributed by atoms with Gasteiger partial charge >= 0.3 is 0 Å². The molecule has 0 unspecified atom stereocenters. The van der Waals surface area contributed by atoms with E-state index in [1.54, 1.807) is 24.5 Å². The molecule has 0 saturated carbocycles. The molecule has 0 aliphatic carbocycles. The van der Waals surface area contributed by atoms with Crippen molar-refractivity contribution in [2.24, 2.45) is 0 Å². The van der Waals surface area contributed by atoms with Gasteiger partial charge in [-0.2, -0.15) is 0 Å². The number of carbonyl (C=O) groups excluding carboxylic acids is 1. The second-order valence-corrected chi connectivity index (χ2v) is 4.31. The molecule has 0 aliphatic rings. The number of hydrogen-bond acceptors (Lipinski definition) is 4. The molecule has 0 saturated heterocycles. The number of aromatic nitrogens is 2. The van der Waals surface area contributed by atoms with Crippen LogP contribution in [0.25, 0.3) is 10.9 Å². The fourth-order valence-electron chi connectivity index (χ4n) is 2.08. The fraction of sp³-hybridized carbons (Fsp3) is 0.0625. The number of pyridine rings is 2. The molecule has 4 heteroatoms. The average Bonchev–Trinajstić information content (AvgIpc) is 2.53. The van der Waals surface area contributed by atoms with Gasteiger partial charge in [0.15, 0.2) is 5.78 Å². The van der Waals surface area contributed by atoms with Crippen LogP contribution in [-0.2, 0) is 0 Å². The van der Waals surface area contributed by atoms with Gasteiger partial charge in [-0.25, -0.2) is 4.98 Å². The summed E-state index contributed by atoms with van der Waals surface area (Å²) in [6.45, 7) is 0. The van der Waals surface area contributed by atoms with Crippen LogP contribution >= 0.6 is 0 Å². The minimum absolute atomic E-state index is 0.145. The van der Waals surface area contributed by atoms with E-state index in [1.807, 2.05) is 30.3 Å². The Balaban J connectivity index is 2.08. The van der Waals surface area contributed by atoms with E-state index in [9.17, 15) is 4.79 Å². The molecule has 3 aromatic rings. The van der Waals surface area contributed by atoms with Gasteiger partial charge in [0, 0.05) is 23.3 Å². The highest BCUT2D eigenvalue weighted by molar-refractivity contribution is 6.11. The minimum Gasteiger partial charge on any atom is -0.480 e. The summed E-state index contributed by atoms with van der Waals surface area (Å²) in [6, 6.07) is 12.9. The van der Waals surface area contributed by atoms with Crippen LogP contribution in [0.4, 0.5) is 0 Å². The first kappa shape index (κ1) is 12.3. The molecule has 4 nitrogen and oxygen atoms in total. The van der Waals surface area contributed by atoms with Gasteiger partial charge in [-0.1, -0.05) is 18.2 Å². The van der Waals surface area contributed by atoms with Crippen molar-refractivity contribution in [3.05, 3.63) is 66.0 Å². The predicted molar refractivity (Wildman–Crippen MR) is 76.0 cm³/mol. The van der Waals surface area contributed by atoms with Gasteiger partial charge in [0.25, 0.3) is 0 Å². The van der Waals surface area contributed by atoms with E-state index in [-0.39, 0.29) is 5.78 Å². The molecule has 2 heterocycles. The molecule has 2 aromatic heterocycles. The van der Waals surface area contributed by atoms with Gasteiger partial charge in [0.1, 0.15) is 0 Å². The highest BCUT2D eigenvalue weighted by atomic mass is 16.5. The van der Waals surface area contributed by atoms with E-state index in [0.717, 1.165) is 10.9 Å². The summed E-state index contributed by atoms with van der Waals surface area (Å²) in [5.74, 6) is 0.180. The maximum atomic E-state index is 12.5. The van der Waals surface area contributed by atoms with Crippen LogP contribution in [0.3, 0.4) is 0 Å². The maximum Gasteiger partial charge on any atom is 0.224 e. The number of fused-ring (bicyclic) bond motifs is 1. The highest BCUT2D eigenvalue weighted by Crippen LogP contribution is 2.20. The van der Waals surface area contributed by atoms with Crippen LogP contribution in [0.1, 0.15) is 15.9 Å². The lowest BCUT2D eigenvalue weighted by Gasteiger charge is -2.06. The summed E-state index contributed by atoms with van der Waals surface area (Å²) in [4.78, 5) is 20.9. The van der Waals surface area contributed by atoms with Crippen molar-refractivity contribution < 1.29 is 9.53 Å². The summed E-state index contributed by atoms with van der Waals surface area (Å²) in [6.07, 6.45) is 3.17.